The van der Waals surface area contributed by atoms with Gasteiger partial charge in [-0.3, -0.25) is 14.7 Å². The number of benzene rings is 1. The van der Waals surface area contributed by atoms with Gasteiger partial charge in [0.05, 0.1) is 25.3 Å². The van der Waals surface area contributed by atoms with Crippen LogP contribution >= 0.6 is 0 Å². The van der Waals surface area contributed by atoms with E-state index in [1.165, 1.54) is 24.8 Å². The number of piperidine rings is 2. The number of anilines is 1. The molecule has 31 heavy (non-hydrogen) atoms. The molecule has 7 nitrogen and oxygen atoms in total. The van der Waals surface area contributed by atoms with E-state index in [1.807, 2.05) is 12.1 Å². The summed E-state index contributed by atoms with van der Waals surface area (Å²) < 4.78 is 5.32. The molecule has 0 spiro atoms. The van der Waals surface area contributed by atoms with Crippen molar-refractivity contribution < 1.29 is 9.53 Å². The van der Waals surface area contributed by atoms with Crippen LogP contribution in [0.2, 0.25) is 0 Å². The largest absolute Gasteiger partial charge is 0.497 e. The molecule has 4 rings (SSSR count). The maximum Gasteiger partial charge on any atom is 0.224 e. The molecule has 0 aliphatic carbocycles. The quantitative estimate of drug-likeness (QED) is 0.738. The van der Waals surface area contributed by atoms with E-state index in [1.54, 1.807) is 25.7 Å². The molecule has 1 amide bonds. The highest BCUT2D eigenvalue weighted by Gasteiger charge is 2.28. The molecule has 2 aliphatic heterocycles. The number of aromatic nitrogens is 2. The number of methoxy groups -OCH3 is 1. The highest BCUT2D eigenvalue weighted by atomic mass is 16.5. The van der Waals surface area contributed by atoms with E-state index < -0.39 is 0 Å². The summed E-state index contributed by atoms with van der Waals surface area (Å²) in [5.41, 5.74) is 1.23. The number of hydrogen-bond acceptors (Lipinski definition) is 6. The highest BCUT2D eigenvalue weighted by molar-refractivity contribution is 5.79. The lowest BCUT2D eigenvalue weighted by Gasteiger charge is -2.36. The first-order valence-corrected chi connectivity index (χ1v) is 11.4. The van der Waals surface area contributed by atoms with Gasteiger partial charge in [-0.05, 0) is 56.5 Å². The Hall–Kier alpha value is -2.67. The molecule has 2 fully saturated rings. The molecular weight excluding hydrogens is 390 g/mol. The van der Waals surface area contributed by atoms with E-state index in [2.05, 4.69) is 37.2 Å². The fraction of sp³-hybridized carbons (Fsp3) is 0.542. The molecule has 2 aliphatic rings. The molecular formula is C24H33N5O2. The Labute approximate surface area is 184 Å². The SMILES string of the molecule is COc1ccc([C@H](CNC(=O)[C@H]2CCCN(c3cnccn3)C2)N2CCCCC2)cc1. The second-order valence-corrected chi connectivity index (χ2v) is 8.48. The lowest BCUT2D eigenvalue weighted by atomic mass is 9.96. The monoisotopic (exact) mass is 423 g/mol. The van der Waals surface area contributed by atoms with Gasteiger partial charge in [0.1, 0.15) is 11.6 Å². The lowest BCUT2D eigenvalue weighted by Crippen LogP contribution is -2.46. The van der Waals surface area contributed by atoms with Crippen LogP contribution in [0, 0.1) is 5.92 Å². The average molecular weight is 424 g/mol. The van der Waals surface area contributed by atoms with Gasteiger partial charge in [-0.2, -0.15) is 0 Å². The summed E-state index contributed by atoms with van der Waals surface area (Å²) in [5.74, 6) is 1.83. The van der Waals surface area contributed by atoms with Gasteiger partial charge >= 0.3 is 0 Å². The summed E-state index contributed by atoms with van der Waals surface area (Å²) in [7, 11) is 1.69. The number of rotatable bonds is 7. The first-order chi connectivity index (χ1) is 15.2. The van der Waals surface area contributed by atoms with Crippen LogP contribution in [-0.4, -0.2) is 60.6 Å². The van der Waals surface area contributed by atoms with Gasteiger partial charge in [0.2, 0.25) is 5.91 Å². The molecule has 2 aromatic rings. The number of nitrogens with one attached hydrogen (secondary N) is 1. The molecule has 3 heterocycles. The molecule has 0 saturated carbocycles. The molecule has 7 heteroatoms. The van der Waals surface area contributed by atoms with Crippen molar-refractivity contribution in [2.24, 2.45) is 5.92 Å². The molecule has 2 atom stereocenters. The van der Waals surface area contributed by atoms with Crippen molar-refractivity contribution in [2.75, 3.05) is 44.7 Å². The molecule has 0 radical (unpaired) electrons. The third-order valence-electron chi connectivity index (χ3n) is 6.47. The maximum atomic E-state index is 13.1. The summed E-state index contributed by atoms with van der Waals surface area (Å²) in [4.78, 5) is 26.3. The van der Waals surface area contributed by atoms with Crippen LogP contribution in [0.4, 0.5) is 5.82 Å². The van der Waals surface area contributed by atoms with Crippen LogP contribution in [-0.2, 0) is 4.79 Å². The van der Waals surface area contributed by atoms with Gasteiger partial charge in [-0.15, -0.1) is 0 Å². The van der Waals surface area contributed by atoms with Gasteiger partial charge in [-0.25, -0.2) is 4.98 Å². The van der Waals surface area contributed by atoms with Gasteiger partial charge in [-0.1, -0.05) is 18.6 Å². The van der Waals surface area contributed by atoms with E-state index in [-0.39, 0.29) is 17.9 Å². The van der Waals surface area contributed by atoms with Crippen LogP contribution in [0.1, 0.15) is 43.7 Å². The van der Waals surface area contributed by atoms with E-state index in [9.17, 15) is 4.79 Å². The summed E-state index contributed by atoms with van der Waals surface area (Å²) in [6.45, 7) is 4.41. The van der Waals surface area contributed by atoms with Crippen molar-refractivity contribution in [3.05, 3.63) is 48.4 Å². The first-order valence-electron chi connectivity index (χ1n) is 11.4. The summed E-state index contributed by atoms with van der Waals surface area (Å²) in [5, 5.41) is 3.27. The summed E-state index contributed by atoms with van der Waals surface area (Å²) in [6.07, 6.45) is 10.8. The second-order valence-electron chi connectivity index (χ2n) is 8.48. The number of nitrogens with zero attached hydrogens (tertiary/aromatic N) is 4. The Morgan fingerprint density at radius 1 is 1.13 bits per heavy atom. The number of carbonyl (C=O) groups is 1. The Kier molecular flexibility index (Phi) is 7.35. The van der Waals surface area contributed by atoms with Crippen molar-refractivity contribution in [1.29, 1.82) is 0 Å². The molecule has 0 bridgehead atoms. The first kappa shape index (κ1) is 21.6. The number of likely N-dealkylation sites (tertiary alicyclic amines) is 1. The zero-order valence-electron chi connectivity index (χ0n) is 18.4. The Morgan fingerprint density at radius 2 is 1.94 bits per heavy atom. The average Bonchev–Trinajstić information content (AvgIpc) is 2.85. The molecule has 1 N–H and O–H groups in total. The van der Waals surface area contributed by atoms with E-state index in [0.717, 1.165) is 44.0 Å². The zero-order chi connectivity index (χ0) is 21.5. The van der Waals surface area contributed by atoms with Gasteiger partial charge < -0.3 is 15.0 Å². The Balaban J connectivity index is 1.40. The molecule has 1 aromatic carbocycles. The summed E-state index contributed by atoms with van der Waals surface area (Å²) in [6, 6.07) is 8.46. The van der Waals surface area contributed by atoms with E-state index in [0.29, 0.717) is 13.1 Å². The van der Waals surface area contributed by atoms with Gasteiger partial charge in [0, 0.05) is 32.0 Å². The maximum absolute atomic E-state index is 13.1. The number of carbonyl (C=O) groups excluding carboxylic acids is 1. The zero-order valence-corrected chi connectivity index (χ0v) is 18.4. The molecule has 2 saturated heterocycles. The minimum absolute atomic E-state index is 0.0198. The van der Waals surface area contributed by atoms with Crippen molar-refractivity contribution in [3.63, 3.8) is 0 Å². The Morgan fingerprint density at radius 3 is 2.65 bits per heavy atom. The van der Waals surface area contributed by atoms with Crippen LogP contribution < -0.4 is 15.0 Å². The van der Waals surface area contributed by atoms with E-state index >= 15 is 0 Å². The predicted molar refractivity (Wildman–Crippen MR) is 121 cm³/mol. The van der Waals surface area contributed by atoms with Crippen molar-refractivity contribution in [1.82, 2.24) is 20.2 Å². The van der Waals surface area contributed by atoms with Gasteiger partial charge in [0.25, 0.3) is 0 Å². The normalized spacial score (nSPS) is 20.8. The third-order valence-corrected chi connectivity index (χ3v) is 6.47. The van der Waals surface area contributed by atoms with Crippen molar-refractivity contribution in [3.8, 4) is 5.75 Å². The molecule has 0 unspecified atom stereocenters. The third kappa shape index (κ3) is 5.53. The Bertz CT molecular complexity index is 824. The number of ether oxygens (including phenoxy) is 1. The fourth-order valence-electron chi connectivity index (χ4n) is 4.71. The number of hydrogen-bond donors (Lipinski definition) is 1. The minimum Gasteiger partial charge on any atom is -0.497 e. The van der Waals surface area contributed by atoms with E-state index in [4.69, 9.17) is 4.74 Å². The van der Waals surface area contributed by atoms with Crippen LogP contribution in [0.15, 0.2) is 42.9 Å². The fourth-order valence-corrected chi connectivity index (χ4v) is 4.71. The molecule has 166 valence electrons. The molecule has 1 aromatic heterocycles. The van der Waals surface area contributed by atoms with Crippen LogP contribution in [0.3, 0.4) is 0 Å². The van der Waals surface area contributed by atoms with Crippen LogP contribution in [0.25, 0.3) is 0 Å². The van der Waals surface area contributed by atoms with Crippen LogP contribution in [0.5, 0.6) is 5.75 Å². The predicted octanol–water partition coefficient (Wildman–Crippen LogP) is 3.05. The summed E-state index contributed by atoms with van der Waals surface area (Å²) >= 11 is 0. The van der Waals surface area contributed by atoms with Crippen molar-refractivity contribution >= 4 is 11.7 Å². The number of amides is 1. The standard InChI is InChI=1S/C24H33N5O2/c1-31-21-9-7-19(8-10-21)22(28-13-3-2-4-14-28)16-27-24(30)20-6-5-15-29(18-20)23-17-25-11-12-26-23/h7-12,17,20,22H,2-6,13-16,18H2,1H3,(H,27,30)/t20-,22-/m0/s1. The van der Waals surface area contributed by atoms with Crippen molar-refractivity contribution in [2.45, 2.75) is 38.1 Å². The minimum atomic E-state index is -0.0198. The smallest absolute Gasteiger partial charge is 0.224 e. The highest BCUT2D eigenvalue weighted by Crippen LogP contribution is 2.26. The van der Waals surface area contributed by atoms with Gasteiger partial charge in [0.15, 0.2) is 0 Å². The topological polar surface area (TPSA) is 70.6 Å². The lowest BCUT2D eigenvalue weighted by molar-refractivity contribution is -0.125. The second kappa shape index (κ2) is 10.6.